The minimum absolute atomic E-state index is 0.0434. The van der Waals surface area contributed by atoms with Gasteiger partial charge in [-0.05, 0) is 46.6 Å². The smallest absolute Gasteiger partial charge is 0.410 e. The van der Waals surface area contributed by atoms with Crippen LogP contribution in [-0.2, 0) is 14.6 Å². The van der Waals surface area contributed by atoms with Gasteiger partial charge in [0.15, 0.2) is 9.84 Å². The van der Waals surface area contributed by atoms with Crippen LogP contribution in [0.1, 0.15) is 46.5 Å². The topological polar surface area (TPSA) is 75.7 Å². The summed E-state index contributed by atoms with van der Waals surface area (Å²) in [4.78, 5) is 13.3. The van der Waals surface area contributed by atoms with Crippen molar-refractivity contribution < 1.29 is 17.9 Å². The summed E-state index contributed by atoms with van der Waals surface area (Å²) in [5, 5.41) is 3.06. The number of hydrogen-bond donors (Lipinski definition) is 1. The van der Waals surface area contributed by atoms with Crippen LogP contribution in [0.15, 0.2) is 0 Å². The van der Waals surface area contributed by atoms with Crippen LogP contribution in [0.3, 0.4) is 0 Å². The van der Waals surface area contributed by atoms with E-state index < -0.39 is 15.4 Å². The fraction of sp³-hybridized carbons (Fsp3) is 0.933. The maximum Gasteiger partial charge on any atom is 0.410 e. The molecule has 0 aromatic rings. The summed E-state index contributed by atoms with van der Waals surface area (Å²) in [6.07, 6.45) is 4.35. The summed E-state index contributed by atoms with van der Waals surface area (Å²) in [5.41, 5.74) is -0.490. The number of nitrogens with one attached hydrogen (secondary N) is 1. The molecule has 1 fully saturated rings. The number of rotatable bonds is 6. The van der Waals surface area contributed by atoms with Crippen molar-refractivity contribution in [3.63, 3.8) is 0 Å². The minimum Gasteiger partial charge on any atom is -0.444 e. The third-order valence-corrected chi connectivity index (χ3v) is 5.45. The molecular weight excluding hydrogens is 304 g/mol. The molecule has 1 N–H and O–H groups in total. The van der Waals surface area contributed by atoms with Gasteiger partial charge in [-0.25, -0.2) is 13.2 Å². The highest BCUT2D eigenvalue weighted by Gasteiger charge is 2.34. The molecule has 0 bridgehead atoms. The van der Waals surface area contributed by atoms with Crippen molar-refractivity contribution in [1.29, 1.82) is 0 Å². The van der Waals surface area contributed by atoms with Gasteiger partial charge in [-0.15, -0.1) is 0 Å². The van der Waals surface area contributed by atoms with Gasteiger partial charge in [0.25, 0.3) is 0 Å². The van der Waals surface area contributed by atoms with E-state index in [1.54, 1.807) is 11.9 Å². The Morgan fingerprint density at radius 2 is 1.95 bits per heavy atom. The lowest BCUT2D eigenvalue weighted by molar-refractivity contribution is 0.0297. The molecule has 1 rings (SSSR count). The molecule has 22 heavy (non-hydrogen) atoms. The molecule has 6 nitrogen and oxygen atoms in total. The Labute approximate surface area is 134 Å². The average Bonchev–Trinajstić information content (AvgIpc) is 2.80. The average molecular weight is 334 g/mol. The van der Waals surface area contributed by atoms with E-state index in [9.17, 15) is 13.2 Å². The van der Waals surface area contributed by atoms with Gasteiger partial charge in [0.2, 0.25) is 0 Å². The van der Waals surface area contributed by atoms with E-state index in [0.717, 1.165) is 25.7 Å². The zero-order chi connectivity index (χ0) is 17.0. The second-order valence-electron chi connectivity index (χ2n) is 7.11. The molecule has 1 amide bonds. The van der Waals surface area contributed by atoms with Crippen molar-refractivity contribution >= 4 is 15.9 Å². The molecule has 0 aliphatic heterocycles. The molecule has 0 aromatic carbocycles. The third-order valence-electron chi connectivity index (χ3n) is 3.78. The number of ether oxygens (including phenoxy) is 1. The van der Waals surface area contributed by atoms with Crippen molar-refractivity contribution in [1.82, 2.24) is 10.2 Å². The maximum atomic E-state index is 11.8. The van der Waals surface area contributed by atoms with Crippen molar-refractivity contribution in [3.8, 4) is 0 Å². The molecule has 0 heterocycles. The van der Waals surface area contributed by atoms with Crippen LogP contribution in [0.4, 0.5) is 4.79 Å². The van der Waals surface area contributed by atoms with Crippen LogP contribution in [-0.4, -0.2) is 62.7 Å². The van der Waals surface area contributed by atoms with Crippen LogP contribution < -0.4 is 5.32 Å². The van der Waals surface area contributed by atoms with Crippen LogP contribution in [0.5, 0.6) is 0 Å². The number of carbonyl (C=O) groups excluding carboxylic acids is 1. The first-order valence-electron chi connectivity index (χ1n) is 7.87. The summed E-state index contributed by atoms with van der Waals surface area (Å²) < 4.78 is 28.7. The molecule has 2 unspecified atom stereocenters. The van der Waals surface area contributed by atoms with Crippen molar-refractivity contribution in [2.24, 2.45) is 0 Å². The number of sulfone groups is 1. The minimum atomic E-state index is -2.99. The van der Waals surface area contributed by atoms with E-state index in [2.05, 4.69) is 5.32 Å². The van der Waals surface area contributed by atoms with Crippen LogP contribution >= 0.6 is 0 Å². The van der Waals surface area contributed by atoms with E-state index in [-0.39, 0.29) is 17.4 Å². The third kappa shape index (κ3) is 6.52. The maximum absolute atomic E-state index is 11.8. The van der Waals surface area contributed by atoms with Crippen molar-refractivity contribution in [3.05, 3.63) is 0 Å². The largest absolute Gasteiger partial charge is 0.444 e. The van der Waals surface area contributed by atoms with Gasteiger partial charge >= 0.3 is 6.09 Å². The van der Waals surface area contributed by atoms with Gasteiger partial charge in [-0.1, -0.05) is 6.42 Å². The number of carbonyl (C=O) groups is 1. The lowest BCUT2D eigenvalue weighted by atomic mass is 10.2. The van der Waals surface area contributed by atoms with E-state index >= 15 is 0 Å². The second-order valence-corrected chi connectivity index (χ2v) is 9.38. The zero-order valence-electron chi connectivity index (χ0n) is 14.4. The van der Waals surface area contributed by atoms with Gasteiger partial charge in [-0.2, -0.15) is 0 Å². The Balaban J connectivity index is 2.29. The first-order valence-corrected chi connectivity index (χ1v) is 9.82. The first-order chi connectivity index (χ1) is 10.0. The summed E-state index contributed by atoms with van der Waals surface area (Å²) in [6.45, 7) is 6.80. The predicted octanol–water partition coefficient (Wildman–Crippen LogP) is 1.80. The molecule has 1 aliphatic rings. The lowest BCUT2D eigenvalue weighted by Crippen LogP contribution is -2.41. The Bertz CT molecular complexity index is 470. The van der Waals surface area contributed by atoms with Crippen molar-refractivity contribution in [2.75, 3.05) is 26.4 Å². The van der Waals surface area contributed by atoms with Gasteiger partial charge in [0.1, 0.15) is 5.60 Å². The molecule has 1 saturated carbocycles. The molecule has 7 heteroatoms. The molecular formula is C15H30N2O4S. The molecule has 0 saturated heterocycles. The monoisotopic (exact) mass is 334 g/mol. The predicted molar refractivity (Wildman–Crippen MR) is 87.8 cm³/mol. The Hall–Kier alpha value is -0.820. The summed E-state index contributed by atoms with van der Waals surface area (Å²) in [7, 11) is -1.27. The molecule has 1 aliphatic carbocycles. The highest BCUT2D eigenvalue weighted by atomic mass is 32.2. The van der Waals surface area contributed by atoms with Gasteiger partial charge in [0.05, 0.1) is 5.25 Å². The van der Waals surface area contributed by atoms with E-state index in [1.165, 1.54) is 6.26 Å². The number of hydrogen-bond acceptors (Lipinski definition) is 5. The van der Waals surface area contributed by atoms with E-state index in [4.69, 9.17) is 4.74 Å². The zero-order valence-corrected chi connectivity index (χ0v) is 15.2. The fourth-order valence-electron chi connectivity index (χ4n) is 2.71. The molecule has 2 atom stereocenters. The van der Waals surface area contributed by atoms with Gasteiger partial charge in [-0.3, -0.25) is 0 Å². The molecule has 0 radical (unpaired) electrons. The second kappa shape index (κ2) is 7.64. The standard InChI is InChI=1S/C15H30N2O4S/c1-15(2,3)21-14(18)17(4)11-7-10-16-12-8-6-9-13(12)22(5,19)20/h12-13,16H,6-11H2,1-5H3. The highest BCUT2D eigenvalue weighted by molar-refractivity contribution is 7.91. The quantitative estimate of drug-likeness (QED) is 0.750. The van der Waals surface area contributed by atoms with E-state index in [0.29, 0.717) is 13.1 Å². The summed E-state index contributed by atoms with van der Waals surface area (Å²) in [6, 6.07) is 0.0434. The first kappa shape index (κ1) is 19.2. The van der Waals surface area contributed by atoms with Crippen LogP contribution in [0, 0.1) is 0 Å². The highest BCUT2D eigenvalue weighted by Crippen LogP contribution is 2.24. The molecule has 0 spiro atoms. The number of amides is 1. The Morgan fingerprint density at radius 1 is 1.32 bits per heavy atom. The molecule has 130 valence electrons. The van der Waals surface area contributed by atoms with E-state index in [1.807, 2.05) is 20.8 Å². The van der Waals surface area contributed by atoms with Crippen LogP contribution in [0.2, 0.25) is 0 Å². The van der Waals surface area contributed by atoms with Gasteiger partial charge in [0, 0.05) is 25.9 Å². The number of nitrogens with zero attached hydrogens (tertiary/aromatic N) is 1. The Kier molecular flexibility index (Phi) is 6.67. The normalized spacial score (nSPS) is 22.6. The lowest BCUT2D eigenvalue weighted by Gasteiger charge is -2.25. The fourth-order valence-corrected chi connectivity index (χ4v) is 4.13. The Morgan fingerprint density at radius 3 is 2.50 bits per heavy atom. The SMILES string of the molecule is CN(CCCNC1CCCC1S(C)(=O)=O)C(=O)OC(C)(C)C. The van der Waals surface area contributed by atoms with Gasteiger partial charge < -0.3 is 15.0 Å². The summed E-state index contributed by atoms with van der Waals surface area (Å²) in [5.74, 6) is 0. The van der Waals surface area contributed by atoms with Crippen molar-refractivity contribution in [2.45, 2.75) is 63.3 Å². The summed E-state index contributed by atoms with van der Waals surface area (Å²) >= 11 is 0. The molecule has 0 aromatic heterocycles. The van der Waals surface area contributed by atoms with Crippen LogP contribution in [0.25, 0.3) is 0 Å².